The first-order valence-corrected chi connectivity index (χ1v) is 6.67. The van der Waals surface area contributed by atoms with E-state index in [1.165, 1.54) is 12.1 Å². The van der Waals surface area contributed by atoms with Crippen molar-refractivity contribution >= 4 is 12.1 Å². The van der Waals surface area contributed by atoms with Crippen LogP contribution in [0.2, 0.25) is 0 Å². The molecule has 20 heavy (non-hydrogen) atoms. The number of nitrogens with one attached hydrogen (secondary N) is 1. The average molecular weight is 278 g/mol. The number of morpholine rings is 1. The molecule has 1 aromatic carbocycles. The highest BCUT2D eigenvalue weighted by Crippen LogP contribution is 2.10. The molecule has 0 aromatic heterocycles. The molecule has 2 atom stereocenters. The molecule has 1 N–H and O–H groups in total. The van der Waals surface area contributed by atoms with Gasteiger partial charge in [0.25, 0.3) is 0 Å². The predicted molar refractivity (Wildman–Crippen MR) is 75.5 cm³/mol. The first-order valence-electron chi connectivity index (χ1n) is 6.67. The maximum absolute atomic E-state index is 12.7. The van der Waals surface area contributed by atoms with E-state index >= 15 is 0 Å². The van der Waals surface area contributed by atoms with Crippen molar-refractivity contribution < 1.29 is 13.9 Å². The zero-order chi connectivity index (χ0) is 14.5. The van der Waals surface area contributed by atoms with Gasteiger partial charge < -0.3 is 15.0 Å². The fraction of sp³-hybridized carbons (Fsp3) is 0.400. The first-order chi connectivity index (χ1) is 9.54. The van der Waals surface area contributed by atoms with E-state index in [0.717, 1.165) is 5.56 Å². The maximum atomic E-state index is 12.7. The average Bonchev–Trinajstić information content (AvgIpc) is 2.40. The fourth-order valence-corrected chi connectivity index (χ4v) is 2.22. The van der Waals surface area contributed by atoms with Crippen molar-refractivity contribution in [2.45, 2.75) is 26.1 Å². The summed E-state index contributed by atoms with van der Waals surface area (Å²) in [7, 11) is 0. The second-order valence-electron chi connectivity index (χ2n) is 5.00. The number of carbonyl (C=O) groups is 1. The molecule has 2 amide bonds. The third-order valence-corrected chi connectivity index (χ3v) is 3.06. The van der Waals surface area contributed by atoms with Gasteiger partial charge in [-0.05, 0) is 37.6 Å². The van der Waals surface area contributed by atoms with Crippen molar-refractivity contribution in [3.05, 3.63) is 41.8 Å². The predicted octanol–water partition coefficient (Wildman–Crippen LogP) is 2.62. The van der Waals surface area contributed by atoms with Gasteiger partial charge in [0.1, 0.15) is 5.82 Å². The Labute approximate surface area is 118 Å². The zero-order valence-electron chi connectivity index (χ0n) is 11.7. The van der Waals surface area contributed by atoms with E-state index in [-0.39, 0.29) is 24.1 Å². The van der Waals surface area contributed by atoms with Crippen molar-refractivity contribution in [1.29, 1.82) is 0 Å². The van der Waals surface area contributed by atoms with E-state index in [9.17, 15) is 9.18 Å². The second-order valence-corrected chi connectivity index (χ2v) is 5.00. The smallest absolute Gasteiger partial charge is 0.321 e. The number of benzene rings is 1. The van der Waals surface area contributed by atoms with Crippen LogP contribution in [0.5, 0.6) is 0 Å². The molecule has 2 unspecified atom stereocenters. The van der Waals surface area contributed by atoms with Gasteiger partial charge in [-0.15, -0.1) is 0 Å². The molecule has 1 fully saturated rings. The normalized spacial score (nSPS) is 23.1. The molecule has 0 saturated carbocycles. The van der Waals surface area contributed by atoms with E-state index in [0.29, 0.717) is 13.1 Å². The minimum atomic E-state index is -0.275. The summed E-state index contributed by atoms with van der Waals surface area (Å²) in [6.07, 6.45) is 3.39. The molecule has 2 rings (SSSR count). The summed E-state index contributed by atoms with van der Waals surface area (Å²) in [4.78, 5) is 13.7. The molecular weight excluding hydrogens is 259 g/mol. The van der Waals surface area contributed by atoms with Gasteiger partial charge in [-0.25, -0.2) is 9.18 Å². The molecule has 0 spiro atoms. The number of urea groups is 1. The highest BCUT2D eigenvalue weighted by molar-refractivity contribution is 5.76. The summed E-state index contributed by atoms with van der Waals surface area (Å²) in [6.45, 7) is 5.07. The zero-order valence-corrected chi connectivity index (χ0v) is 11.7. The van der Waals surface area contributed by atoms with Gasteiger partial charge in [-0.2, -0.15) is 0 Å². The maximum Gasteiger partial charge on any atom is 0.321 e. The SMILES string of the molecule is CC1CN(C(=O)N/C=C/c2ccc(F)cc2)CC(C)O1. The summed E-state index contributed by atoms with van der Waals surface area (Å²) in [5, 5.41) is 2.71. The lowest BCUT2D eigenvalue weighted by molar-refractivity contribution is -0.0541. The molecule has 5 heteroatoms. The molecule has 0 radical (unpaired) electrons. The fourth-order valence-electron chi connectivity index (χ4n) is 2.22. The molecule has 0 aliphatic carbocycles. The van der Waals surface area contributed by atoms with Crippen molar-refractivity contribution in [3.8, 4) is 0 Å². The van der Waals surface area contributed by atoms with Crippen LogP contribution < -0.4 is 5.32 Å². The molecular formula is C15H19FN2O2. The number of ether oxygens (including phenoxy) is 1. The lowest BCUT2D eigenvalue weighted by atomic mass is 10.2. The number of halogens is 1. The quantitative estimate of drug-likeness (QED) is 0.903. The van der Waals surface area contributed by atoms with E-state index < -0.39 is 0 Å². The van der Waals surface area contributed by atoms with E-state index in [1.807, 2.05) is 13.8 Å². The van der Waals surface area contributed by atoms with Crippen LogP contribution in [0.15, 0.2) is 30.5 Å². The third kappa shape index (κ3) is 4.06. The molecule has 0 bridgehead atoms. The summed E-state index contributed by atoms with van der Waals surface area (Å²) < 4.78 is 18.3. The number of amides is 2. The van der Waals surface area contributed by atoms with Gasteiger partial charge in [0, 0.05) is 19.3 Å². The Kier molecular flexibility index (Phi) is 4.74. The molecule has 1 aliphatic rings. The lowest BCUT2D eigenvalue weighted by Crippen LogP contribution is -2.50. The standard InChI is InChI=1S/C15H19FN2O2/c1-11-9-18(10-12(2)20-11)15(19)17-8-7-13-3-5-14(16)6-4-13/h3-8,11-12H,9-10H2,1-2H3,(H,17,19)/b8-7+. The van der Waals surface area contributed by atoms with Crippen LogP contribution in [0.3, 0.4) is 0 Å². The topological polar surface area (TPSA) is 41.6 Å². The Morgan fingerprint density at radius 3 is 2.50 bits per heavy atom. The van der Waals surface area contributed by atoms with Crippen LogP contribution in [0.1, 0.15) is 19.4 Å². The second kappa shape index (κ2) is 6.52. The van der Waals surface area contributed by atoms with Crippen molar-refractivity contribution in [1.82, 2.24) is 10.2 Å². The highest BCUT2D eigenvalue weighted by Gasteiger charge is 2.25. The van der Waals surface area contributed by atoms with Gasteiger partial charge in [0.05, 0.1) is 12.2 Å². The number of hydrogen-bond donors (Lipinski definition) is 1. The van der Waals surface area contributed by atoms with Gasteiger partial charge in [0.15, 0.2) is 0 Å². The number of nitrogens with zero attached hydrogens (tertiary/aromatic N) is 1. The number of carbonyl (C=O) groups excluding carboxylic acids is 1. The summed E-state index contributed by atoms with van der Waals surface area (Å²) in [6, 6.07) is 5.92. The third-order valence-electron chi connectivity index (χ3n) is 3.06. The van der Waals surface area contributed by atoms with Crippen molar-refractivity contribution in [2.75, 3.05) is 13.1 Å². The monoisotopic (exact) mass is 278 g/mol. The van der Waals surface area contributed by atoms with Crippen LogP contribution >= 0.6 is 0 Å². The van der Waals surface area contributed by atoms with Crippen molar-refractivity contribution in [3.63, 3.8) is 0 Å². The minimum absolute atomic E-state index is 0.0468. The lowest BCUT2D eigenvalue weighted by Gasteiger charge is -2.34. The molecule has 108 valence electrons. The Hall–Kier alpha value is -1.88. The molecule has 1 saturated heterocycles. The Balaban J connectivity index is 1.86. The van der Waals surface area contributed by atoms with Crippen LogP contribution in [0.4, 0.5) is 9.18 Å². The van der Waals surface area contributed by atoms with Gasteiger partial charge in [0.2, 0.25) is 0 Å². The Morgan fingerprint density at radius 2 is 1.90 bits per heavy atom. The van der Waals surface area contributed by atoms with E-state index in [2.05, 4.69) is 5.32 Å². The largest absolute Gasteiger partial charge is 0.372 e. The van der Waals surface area contributed by atoms with Gasteiger partial charge >= 0.3 is 6.03 Å². The summed E-state index contributed by atoms with van der Waals surface area (Å²) >= 11 is 0. The summed E-state index contributed by atoms with van der Waals surface area (Å²) in [5.74, 6) is -0.275. The molecule has 1 heterocycles. The number of rotatable bonds is 2. The highest BCUT2D eigenvalue weighted by atomic mass is 19.1. The van der Waals surface area contributed by atoms with E-state index in [1.54, 1.807) is 29.3 Å². The molecule has 1 aromatic rings. The Bertz CT molecular complexity index is 477. The van der Waals surface area contributed by atoms with Gasteiger partial charge in [-0.1, -0.05) is 12.1 Å². The summed E-state index contributed by atoms with van der Waals surface area (Å²) in [5.41, 5.74) is 0.829. The molecule has 1 aliphatic heterocycles. The van der Waals surface area contributed by atoms with Crippen LogP contribution in [-0.4, -0.2) is 36.2 Å². The van der Waals surface area contributed by atoms with E-state index in [4.69, 9.17) is 4.74 Å². The van der Waals surface area contributed by atoms with Crippen LogP contribution in [0, 0.1) is 5.82 Å². The van der Waals surface area contributed by atoms with Crippen molar-refractivity contribution in [2.24, 2.45) is 0 Å². The minimum Gasteiger partial charge on any atom is -0.372 e. The van der Waals surface area contributed by atoms with Crippen LogP contribution in [-0.2, 0) is 4.74 Å². The first kappa shape index (κ1) is 14.5. The number of hydrogen-bond acceptors (Lipinski definition) is 2. The van der Waals surface area contributed by atoms with Crippen LogP contribution in [0.25, 0.3) is 6.08 Å². The Morgan fingerprint density at radius 1 is 1.30 bits per heavy atom. The molecule has 4 nitrogen and oxygen atoms in total. The van der Waals surface area contributed by atoms with Gasteiger partial charge in [-0.3, -0.25) is 0 Å².